The van der Waals surface area contributed by atoms with Crippen LogP contribution in [0.3, 0.4) is 0 Å². The predicted octanol–water partition coefficient (Wildman–Crippen LogP) is 4.10. The summed E-state index contributed by atoms with van der Waals surface area (Å²) >= 11 is 0. The maximum absolute atomic E-state index is 13.9. The molecule has 0 bridgehead atoms. The van der Waals surface area contributed by atoms with Gasteiger partial charge in [0.25, 0.3) is 9.05 Å². The highest BCUT2D eigenvalue weighted by atomic mass is 35.7. The Hall–Kier alpha value is -0.810. The monoisotopic (exact) mass is 320 g/mol. The van der Waals surface area contributed by atoms with Crippen LogP contribution < -0.4 is 4.74 Å². The third-order valence-corrected chi connectivity index (χ3v) is 5.18. The molecule has 0 aromatic heterocycles. The van der Waals surface area contributed by atoms with Gasteiger partial charge in [0.05, 0.1) is 4.90 Å². The van der Waals surface area contributed by atoms with E-state index in [9.17, 15) is 12.8 Å². The molecular formula is C14H18ClFO3S. The van der Waals surface area contributed by atoms with Crippen LogP contribution in [0.2, 0.25) is 0 Å². The summed E-state index contributed by atoms with van der Waals surface area (Å²) in [7, 11) is 1.27. The Kier molecular flexibility index (Phi) is 4.91. The van der Waals surface area contributed by atoms with Gasteiger partial charge < -0.3 is 4.74 Å². The first kappa shape index (κ1) is 15.6. The van der Waals surface area contributed by atoms with Crippen LogP contribution in [0.25, 0.3) is 0 Å². The molecular weight excluding hydrogens is 303 g/mol. The molecule has 1 aromatic carbocycles. The highest BCUT2D eigenvalue weighted by Crippen LogP contribution is 2.32. The van der Waals surface area contributed by atoms with Crippen LogP contribution in [0, 0.1) is 11.7 Å². The van der Waals surface area contributed by atoms with E-state index in [0.717, 1.165) is 31.7 Å². The fourth-order valence-corrected chi connectivity index (χ4v) is 3.45. The topological polar surface area (TPSA) is 43.4 Å². The summed E-state index contributed by atoms with van der Waals surface area (Å²) in [4.78, 5) is -0.250. The van der Waals surface area contributed by atoms with Crippen LogP contribution in [0.5, 0.6) is 5.75 Å². The zero-order valence-corrected chi connectivity index (χ0v) is 12.9. The van der Waals surface area contributed by atoms with E-state index in [-0.39, 0.29) is 16.7 Å². The molecule has 2 rings (SSSR count). The van der Waals surface area contributed by atoms with E-state index < -0.39 is 14.9 Å². The molecule has 0 spiro atoms. The molecule has 112 valence electrons. The summed E-state index contributed by atoms with van der Waals surface area (Å²) < 4.78 is 41.9. The van der Waals surface area contributed by atoms with Gasteiger partial charge in [-0.2, -0.15) is 0 Å². The maximum Gasteiger partial charge on any atom is 0.261 e. The Balaban J connectivity index is 2.17. The van der Waals surface area contributed by atoms with Gasteiger partial charge in [-0.3, -0.25) is 0 Å². The normalized spacial score (nSPS) is 23.6. The van der Waals surface area contributed by atoms with Crippen LogP contribution in [0.4, 0.5) is 4.39 Å². The van der Waals surface area contributed by atoms with E-state index in [1.54, 1.807) is 0 Å². The molecule has 0 amide bonds. The van der Waals surface area contributed by atoms with Crippen molar-refractivity contribution in [2.75, 3.05) is 0 Å². The van der Waals surface area contributed by atoms with Crippen molar-refractivity contribution < 1.29 is 17.5 Å². The Labute approximate surface area is 123 Å². The minimum absolute atomic E-state index is 0.00158. The number of hydrogen-bond donors (Lipinski definition) is 0. The van der Waals surface area contributed by atoms with Crippen molar-refractivity contribution in [2.45, 2.75) is 50.0 Å². The zero-order valence-electron chi connectivity index (χ0n) is 11.3. The van der Waals surface area contributed by atoms with Gasteiger partial charge in [0.15, 0.2) is 11.6 Å². The van der Waals surface area contributed by atoms with Crippen molar-refractivity contribution in [1.82, 2.24) is 0 Å². The van der Waals surface area contributed by atoms with Crippen molar-refractivity contribution in [1.29, 1.82) is 0 Å². The molecule has 1 fully saturated rings. The fourth-order valence-electron chi connectivity index (χ4n) is 2.69. The molecule has 20 heavy (non-hydrogen) atoms. The Morgan fingerprint density at radius 2 is 2.05 bits per heavy atom. The van der Waals surface area contributed by atoms with Gasteiger partial charge in [-0.15, -0.1) is 0 Å². The van der Waals surface area contributed by atoms with E-state index in [0.29, 0.717) is 5.92 Å². The molecule has 1 aliphatic rings. The lowest BCUT2D eigenvalue weighted by Gasteiger charge is -2.31. The second-order valence-electron chi connectivity index (χ2n) is 5.14. The third kappa shape index (κ3) is 3.64. The summed E-state index contributed by atoms with van der Waals surface area (Å²) in [5.41, 5.74) is 0. The molecule has 1 aliphatic carbocycles. The first-order valence-electron chi connectivity index (χ1n) is 6.82. The van der Waals surface area contributed by atoms with Gasteiger partial charge in [-0.25, -0.2) is 12.8 Å². The second-order valence-corrected chi connectivity index (χ2v) is 7.71. The number of halogens is 2. The average molecular weight is 321 g/mol. The van der Waals surface area contributed by atoms with Crippen LogP contribution in [-0.4, -0.2) is 14.5 Å². The van der Waals surface area contributed by atoms with Gasteiger partial charge in [-0.05, 0) is 49.8 Å². The fraction of sp³-hybridized carbons (Fsp3) is 0.571. The summed E-state index contributed by atoms with van der Waals surface area (Å²) in [5, 5.41) is 0. The lowest BCUT2D eigenvalue weighted by atomic mass is 9.85. The standard InChI is InChI=1S/C14H18ClFO3S/c1-2-10-5-3-4-6-13(10)19-14-8-7-11(9-12(14)16)20(15,17)18/h7-10,13H,2-6H2,1H3. The van der Waals surface area contributed by atoms with Crippen molar-refractivity contribution in [3.05, 3.63) is 24.0 Å². The number of hydrogen-bond acceptors (Lipinski definition) is 3. The molecule has 6 heteroatoms. The highest BCUT2D eigenvalue weighted by Gasteiger charge is 2.26. The maximum atomic E-state index is 13.9. The third-order valence-electron chi connectivity index (χ3n) is 3.83. The molecule has 0 radical (unpaired) electrons. The minimum atomic E-state index is -3.91. The molecule has 1 aromatic rings. The second kappa shape index (κ2) is 6.31. The Morgan fingerprint density at radius 3 is 2.65 bits per heavy atom. The zero-order chi connectivity index (χ0) is 14.8. The molecule has 1 saturated carbocycles. The van der Waals surface area contributed by atoms with Crippen LogP contribution >= 0.6 is 10.7 Å². The van der Waals surface area contributed by atoms with E-state index in [2.05, 4.69) is 6.92 Å². The lowest BCUT2D eigenvalue weighted by Crippen LogP contribution is -2.30. The molecule has 2 unspecified atom stereocenters. The van der Waals surface area contributed by atoms with E-state index in [1.807, 2.05) is 0 Å². The SMILES string of the molecule is CCC1CCCCC1Oc1ccc(S(=O)(=O)Cl)cc1F. The largest absolute Gasteiger partial charge is 0.487 e. The summed E-state index contributed by atoms with van der Waals surface area (Å²) in [6, 6.07) is 3.51. The first-order valence-corrected chi connectivity index (χ1v) is 9.13. The van der Waals surface area contributed by atoms with Crippen LogP contribution in [-0.2, 0) is 9.05 Å². The molecule has 0 aliphatic heterocycles. The van der Waals surface area contributed by atoms with E-state index in [1.165, 1.54) is 18.6 Å². The van der Waals surface area contributed by atoms with Gasteiger partial charge >= 0.3 is 0 Å². The van der Waals surface area contributed by atoms with E-state index >= 15 is 0 Å². The smallest absolute Gasteiger partial charge is 0.261 e. The lowest BCUT2D eigenvalue weighted by molar-refractivity contribution is 0.0862. The van der Waals surface area contributed by atoms with Crippen molar-refractivity contribution in [3.63, 3.8) is 0 Å². The average Bonchev–Trinajstić information content (AvgIpc) is 2.40. The number of ether oxygens (including phenoxy) is 1. The summed E-state index contributed by atoms with van der Waals surface area (Å²) in [5.74, 6) is -0.161. The summed E-state index contributed by atoms with van der Waals surface area (Å²) in [6.07, 6.45) is 5.27. The Morgan fingerprint density at radius 1 is 1.35 bits per heavy atom. The van der Waals surface area contributed by atoms with Crippen molar-refractivity contribution in [2.24, 2.45) is 5.92 Å². The molecule has 0 N–H and O–H groups in total. The summed E-state index contributed by atoms with van der Waals surface area (Å²) in [6.45, 7) is 2.10. The predicted molar refractivity (Wildman–Crippen MR) is 76.1 cm³/mol. The minimum Gasteiger partial charge on any atom is -0.487 e. The van der Waals surface area contributed by atoms with Crippen LogP contribution in [0.1, 0.15) is 39.0 Å². The number of benzene rings is 1. The molecule has 2 atom stereocenters. The Bertz CT molecular complexity index is 574. The van der Waals surface area contributed by atoms with Crippen molar-refractivity contribution >= 4 is 19.7 Å². The van der Waals surface area contributed by atoms with E-state index in [4.69, 9.17) is 15.4 Å². The van der Waals surface area contributed by atoms with Gasteiger partial charge in [0.2, 0.25) is 0 Å². The number of rotatable bonds is 4. The van der Waals surface area contributed by atoms with Crippen LogP contribution in [0.15, 0.2) is 23.1 Å². The van der Waals surface area contributed by atoms with Gasteiger partial charge in [0, 0.05) is 10.7 Å². The molecule has 0 saturated heterocycles. The quantitative estimate of drug-likeness (QED) is 0.784. The first-order chi connectivity index (χ1) is 9.41. The highest BCUT2D eigenvalue weighted by molar-refractivity contribution is 8.13. The van der Waals surface area contributed by atoms with Gasteiger partial charge in [0.1, 0.15) is 6.10 Å². The molecule has 0 heterocycles. The van der Waals surface area contributed by atoms with Gasteiger partial charge in [-0.1, -0.05) is 13.3 Å². The molecule has 3 nitrogen and oxygen atoms in total. The van der Waals surface area contributed by atoms with Crippen molar-refractivity contribution in [3.8, 4) is 5.75 Å².